The summed E-state index contributed by atoms with van der Waals surface area (Å²) in [5, 5.41) is 13.8. The number of rotatable bonds is 2. The lowest BCUT2D eigenvalue weighted by Gasteiger charge is -2.14. The van der Waals surface area contributed by atoms with Gasteiger partial charge in [0.15, 0.2) is 6.23 Å². The number of anilines is 1. The van der Waals surface area contributed by atoms with Crippen LogP contribution in [0, 0.1) is 0 Å². The summed E-state index contributed by atoms with van der Waals surface area (Å²) in [6, 6.07) is 48.3. The van der Waals surface area contributed by atoms with Crippen LogP contribution in [0.4, 0.5) is 5.69 Å². The number of ether oxygens (including phenoxy) is 1. The van der Waals surface area contributed by atoms with Gasteiger partial charge in [-0.2, -0.15) is 0 Å². The summed E-state index contributed by atoms with van der Waals surface area (Å²) < 4.78 is 11.5. The highest BCUT2D eigenvalue weighted by Gasteiger charge is 2.27. The summed E-state index contributed by atoms with van der Waals surface area (Å²) in [7, 11) is 0. The van der Waals surface area contributed by atoms with Gasteiger partial charge in [0.1, 0.15) is 5.75 Å². The van der Waals surface area contributed by atoms with Gasteiger partial charge in [-0.15, -0.1) is 11.3 Å². The maximum Gasteiger partial charge on any atom is 0.196 e. The minimum absolute atomic E-state index is 0.237. The van der Waals surface area contributed by atoms with Crippen LogP contribution in [0.2, 0.25) is 0 Å². The molecule has 0 amide bonds. The molecule has 0 aliphatic carbocycles. The first-order chi connectivity index (χ1) is 21.3. The Morgan fingerprint density at radius 2 is 1.16 bits per heavy atom. The van der Waals surface area contributed by atoms with Crippen LogP contribution < -0.4 is 10.1 Å². The zero-order valence-corrected chi connectivity index (χ0v) is 23.9. The number of nitrogens with zero attached hydrogens (tertiary/aromatic N) is 1. The molecule has 1 N–H and O–H groups in total. The van der Waals surface area contributed by atoms with Crippen LogP contribution in [0.5, 0.6) is 5.75 Å². The number of thiophene rings is 1. The van der Waals surface area contributed by atoms with Crippen molar-refractivity contribution >= 4 is 80.5 Å². The van der Waals surface area contributed by atoms with Crippen molar-refractivity contribution in [2.75, 3.05) is 5.32 Å². The van der Waals surface area contributed by atoms with E-state index in [1.807, 2.05) is 11.3 Å². The third-order valence-electron chi connectivity index (χ3n) is 8.98. The van der Waals surface area contributed by atoms with Gasteiger partial charge >= 0.3 is 0 Å². The topological polar surface area (TPSA) is 26.2 Å². The van der Waals surface area contributed by atoms with Gasteiger partial charge in [-0.25, -0.2) is 0 Å². The van der Waals surface area contributed by atoms with E-state index in [9.17, 15) is 0 Å². The van der Waals surface area contributed by atoms with Crippen molar-refractivity contribution in [3.05, 3.63) is 139 Å². The average molecular weight is 569 g/mol. The Hall–Kier alpha value is -5.32. The lowest BCUT2D eigenvalue weighted by molar-refractivity contribution is 0.260. The predicted molar refractivity (Wildman–Crippen MR) is 182 cm³/mol. The van der Waals surface area contributed by atoms with Gasteiger partial charge in [-0.3, -0.25) is 0 Å². The van der Waals surface area contributed by atoms with Crippen LogP contribution in [-0.2, 0) is 0 Å². The van der Waals surface area contributed by atoms with Crippen molar-refractivity contribution in [1.82, 2.24) is 4.57 Å². The third-order valence-corrected chi connectivity index (χ3v) is 10.1. The summed E-state index contributed by atoms with van der Waals surface area (Å²) in [5.41, 5.74) is 5.75. The Bertz CT molecular complexity index is 2480. The first kappa shape index (κ1) is 23.3. The number of hydrogen-bond donors (Lipinski definition) is 1. The zero-order valence-electron chi connectivity index (χ0n) is 23.0. The molecule has 3 heterocycles. The molecule has 4 heteroatoms. The highest BCUT2D eigenvalue weighted by Crippen LogP contribution is 2.48. The molecule has 43 heavy (non-hydrogen) atoms. The SMILES string of the molecule is c1ccc2cc3c(cc2c1)c1cc2ccccc2cc1n3-c1ccc(C2Nc3c(ccc4sc5ccccc5c34)O2)cc1. The molecule has 0 fully saturated rings. The fraction of sp³-hybridized carbons (Fsp3) is 0.0256. The van der Waals surface area contributed by atoms with Gasteiger partial charge in [-0.05, 0) is 76.1 Å². The van der Waals surface area contributed by atoms with Crippen molar-refractivity contribution in [2.45, 2.75) is 6.23 Å². The van der Waals surface area contributed by atoms with Crippen molar-refractivity contribution < 1.29 is 4.74 Å². The van der Waals surface area contributed by atoms with E-state index in [0.717, 1.165) is 22.7 Å². The minimum atomic E-state index is -0.237. The van der Waals surface area contributed by atoms with Crippen molar-refractivity contribution in [3.63, 3.8) is 0 Å². The summed E-state index contributed by atoms with van der Waals surface area (Å²) in [6.45, 7) is 0. The molecule has 0 saturated carbocycles. The maximum atomic E-state index is 6.47. The Morgan fingerprint density at radius 3 is 1.84 bits per heavy atom. The molecule has 1 aliphatic heterocycles. The monoisotopic (exact) mass is 568 g/mol. The van der Waals surface area contributed by atoms with E-state index in [1.54, 1.807) is 0 Å². The second-order valence-corrected chi connectivity index (χ2v) is 12.5. The van der Waals surface area contributed by atoms with Crippen LogP contribution >= 0.6 is 11.3 Å². The Balaban J connectivity index is 1.11. The van der Waals surface area contributed by atoms with Crippen molar-refractivity contribution in [1.29, 1.82) is 0 Å². The lowest BCUT2D eigenvalue weighted by Crippen LogP contribution is -2.10. The van der Waals surface area contributed by atoms with Crippen molar-refractivity contribution in [2.24, 2.45) is 0 Å². The molecule has 0 saturated heterocycles. The van der Waals surface area contributed by atoms with E-state index in [2.05, 4.69) is 143 Å². The summed E-state index contributed by atoms with van der Waals surface area (Å²) in [5.74, 6) is 0.909. The fourth-order valence-electron chi connectivity index (χ4n) is 6.94. The molecule has 7 aromatic carbocycles. The molecular weight excluding hydrogens is 545 g/mol. The Kier molecular flexibility index (Phi) is 4.65. The Morgan fingerprint density at radius 1 is 0.558 bits per heavy atom. The quantitative estimate of drug-likeness (QED) is 0.224. The number of benzene rings is 7. The number of aromatic nitrogens is 1. The maximum absolute atomic E-state index is 6.47. The zero-order chi connectivity index (χ0) is 28.1. The van der Waals surface area contributed by atoms with Gasteiger partial charge in [0.05, 0.1) is 16.7 Å². The van der Waals surface area contributed by atoms with Gasteiger partial charge < -0.3 is 14.6 Å². The van der Waals surface area contributed by atoms with Crippen molar-refractivity contribution in [3.8, 4) is 11.4 Å². The molecule has 2 aromatic heterocycles. The normalized spacial score (nSPS) is 14.7. The first-order valence-corrected chi connectivity index (χ1v) is 15.4. The molecule has 9 aromatic rings. The molecule has 3 nitrogen and oxygen atoms in total. The van der Waals surface area contributed by atoms with E-state index >= 15 is 0 Å². The van der Waals surface area contributed by atoms with Crippen LogP contribution in [-0.4, -0.2) is 4.57 Å². The van der Waals surface area contributed by atoms with Gasteiger partial charge in [-0.1, -0.05) is 78.9 Å². The molecule has 1 aliphatic rings. The van der Waals surface area contributed by atoms with Crippen LogP contribution in [0.1, 0.15) is 11.8 Å². The van der Waals surface area contributed by atoms with Crippen LogP contribution in [0.3, 0.4) is 0 Å². The molecular formula is C39H24N2OS. The molecule has 10 rings (SSSR count). The molecule has 0 spiro atoms. The first-order valence-electron chi connectivity index (χ1n) is 14.6. The second kappa shape index (κ2) is 8.60. The van der Waals surface area contributed by atoms with Gasteiger partial charge in [0, 0.05) is 42.2 Å². The highest BCUT2D eigenvalue weighted by atomic mass is 32.1. The fourth-order valence-corrected chi connectivity index (χ4v) is 8.06. The Labute approximate surface area is 251 Å². The predicted octanol–water partition coefficient (Wildman–Crippen LogP) is 11.0. The second-order valence-electron chi connectivity index (χ2n) is 11.4. The summed E-state index contributed by atoms with van der Waals surface area (Å²) in [6.07, 6.45) is -0.237. The number of fused-ring (bicyclic) bond motifs is 10. The largest absolute Gasteiger partial charge is 0.464 e. The molecule has 1 atom stereocenters. The average Bonchev–Trinajstić information content (AvgIpc) is 3.74. The molecule has 0 bridgehead atoms. The highest BCUT2D eigenvalue weighted by molar-refractivity contribution is 7.26. The van der Waals surface area contributed by atoms with Gasteiger partial charge in [0.2, 0.25) is 0 Å². The van der Waals surface area contributed by atoms with E-state index in [4.69, 9.17) is 4.74 Å². The van der Waals surface area contributed by atoms with E-state index in [0.29, 0.717) is 0 Å². The summed E-state index contributed by atoms with van der Waals surface area (Å²) >= 11 is 1.83. The number of hydrogen-bond acceptors (Lipinski definition) is 3. The minimum Gasteiger partial charge on any atom is -0.464 e. The standard InChI is InChI=1S/C39H24N2OS/c1-3-9-26-21-32-30(19-24(26)7-1)31-20-25-8-2-4-10-27(25)22-33(31)41(32)28-15-13-23(14-16-28)39-40-38-34(42-39)17-18-36-37(38)29-11-5-6-12-35(29)43-36/h1-22,39-40H. The molecule has 1 unspecified atom stereocenters. The van der Waals surface area contributed by atoms with E-state index in [1.165, 1.54) is 63.5 Å². The summed E-state index contributed by atoms with van der Waals surface area (Å²) in [4.78, 5) is 0. The van der Waals surface area contributed by atoms with E-state index < -0.39 is 0 Å². The van der Waals surface area contributed by atoms with Crippen LogP contribution in [0.25, 0.3) is 69.2 Å². The molecule has 202 valence electrons. The van der Waals surface area contributed by atoms with Crippen LogP contribution in [0.15, 0.2) is 133 Å². The molecule has 0 radical (unpaired) electrons. The van der Waals surface area contributed by atoms with E-state index in [-0.39, 0.29) is 6.23 Å². The lowest BCUT2D eigenvalue weighted by atomic mass is 10.0. The van der Waals surface area contributed by atoms with Gasteiger partial charge in [0.25, 0.3) is 0 Å². The smallest absolute Gasteiger partial charge is 0.196 e. The number of nitrogens with one attached hydrogen (secondary N) is 1. The third kappa shape index (κ3) is 3.35.